The molecule has 9 nitrogen and oxygen atoms in total. The van der Waals surface area contributed by atoms with E-state index in [-0.39, 0.29) is 11.8 Å². The highest BCUT2D eigenvalue weighted by atomic mass is 32.1. The molecule has 1 N–H and O–H groups in total. The number of amides is 1. The second-order valence-corrected chi connectivity index (χ2v) is 8.31. The normalized spacial score (nSPS) is 18.1. The molecule has 1 aliphatic rings. The zero-order chi connectivity index (χ0) is 17.9. The first kappa shape index (κ1) is 18.1. The van der Waals surface area contributed by atoms with Crippen molar-refractivity contribution in [2.24, 2.45) is 0 Å². The number of carbonyl (C=O) groups is 1. The Morgan fingerprint density at radius 1 is 1.28 bits per heavy atom. The predicted octanol–water partition coefficient (Wildman–Crippen LogP) is 1.35. The molecule has 0 aliphatic carbocycles. The number of nitrogens with one attached hydrogen (secondary N) is 1. The van der Waals surface area contributed by atoms with E-state index in [1.165, 1.54) is 0 Å². The average Bonchev–Trinajstić information content (AvgIpc) is 3.16. The summed E-state index contributed by atoms with van der Waals surface area (Å²) in [5.74, 6) is 0.537. The van der Waals surface area contributed by atoms with Crippen LogP contribution in [0.3, 0.4) is 0 Å². The number of piperazine rings is 1. The third-order valence-corrected chi connectivity index (χ3v) is 6.46. The van der Waals surface area contributed by atoms with Crippen molar-refractivity contribution < 1.29 is 13.9 Å². The number of thiol groups is 1. The number of nitrogens with zero attached hydrogens (tertiary/aromatic N) is 5. The van der Waals surface area contributed by atoms with Crippen molar-refractivity contribution >= 4 is 26.1 Å². The minimum absolute atomic E-state index is 0.0552. The van der Waals surface area contributed by atoms with Crippen molar-refractivity contribution in [2.45, 2.75) is 0 Å². The number of tetrazole rings is 1. The Bertz CT molecular complexity index is 761. The number of aromatic nitrogens is 4. The van der Waals surface area contributed by atoms with Gasteiger partial charge < -0.3 is 9.42 Å². The summed E-state index contributed by atoms with van der Waals surface area (Å²) in [4.78, 5) is 14.4. The van der Waals surface area contributed by atoms with Crippen LogP contribution >= 0.6 is 20.1 Å². The van der Waals surface area contributed by atoms with Gasteiger partial charge in [0.25, 0.3) is 13.4 Å². The van der Waals surface area contributed by atoms with Gasteiger partial charge in [0, 0.05) is 44.0 Å². The molecule has 25 heavy (non-hydrogen) atoms. The zero-order valence-electron chi connectivity index (χ0n) is 13.7. The Labute approximate surface area is 150 Å². The maximum absolute atomic E-state index is 12.6. The number of rotatable bonds is 5. The van der Waals surface area contributed by atoms with Crippen LogP contribution in [0.4, 0.5) is 0 Å². The van der Waals surface area contributed by atoms with Gasteiger partial charge in [-0.2, -0.15) is 17.8 Å². The van der Waals surface area contributed by atoms with Crippen LogP contribution in [0.15, 0.2) is 24.3 Å². The number of benzene rings is 1. The van der Waals surface area contributed by atoms with E-state index in [0.717, 1.165) is 5.56 Å². The minimum atomic E-state index is -2.83. The molecule has 0 saturated carbocycles. The Morgan fingerprint density at radius 3 is 2.52 bits per heavy atom. The molecule has 1 saturated heterocycles. The maximum Gasteiger partial charge on any atom is 0.270 e. The van der Waals surface area contributed by atoms with Crippen molar-refractivity contribution in [3.8, 4) is 11.4 Å². The summed E-state index contributed by atoms with van der Waals surface area (Å²) >= 11 is 3.96. The minimum Gasteiger partial charge on any atom is -0.336 e. The molecule has 1 aromatic carbocycles. The standard InChI is InChI=1S/C14H19N6O3PS/c1-24(22,23-10-25)20-8-6-19(7-9-20)14(21)12-4-2-11(3-5-12)13-15-17-18-16-13/h2-5,25H,6-10H2,1H3,(H,15,16,17,18). The lowest BCUT2D eigenvalue weighted by Crippen LogP contribution is -2.47. The first-order valence-electron chi connectivity index (χ1n) is 7.73. The molecule has 1 atom stereocenters. The highest BCUT2D eigenvalue weighted by Crippen LogP contribution is 2.47. The fourth-order valence-corrected chi connectivity index (χ4v) is 4.61. The monoisotopic (exact) mass is 382 g/mol. The molecular formula is C14H19N6O3PS. The first-order chi connectivity index (χ1) is 12.0. The van der Waals surface area contributed by atoms with Gasteiger partial charge in [0.05, 0.1) is 5.94 Å². The fraction of sp³-hybridized carbons (Fsp3) is 0.429. The zero-order valence-corrected chi connectivity index (χ0v) is 15.5. The van der Waals surface area contributed by atoms with Crippen LogP contribution in [0.5, 0.6) is 0 Å². The molecule has 1 aliphatic heterocycles. The van der Waals surface area contributed by atoms with E-state index in [0.29, 0.717) is 37.6 Å². The molecule has 134 valence electrons. The molecule has 0 bridgehead atoms. The molecule has 1 unspecified atom stereocenters. The summed E-state index contributed by atoms with van der Waals surface area (Å²) in [6.07, 6.45) is 0. The Kier molecular flexibility index (Phi) is 5.53. The lowest BCUT2D eigenvalue weighted by atomic mass is 10.1. The van der Waals surface area contributed by atoms with E-state index in [9.17, 15) is 9.36 Å². The maximum atomic E-state index is 12.6. The van der Waals surface area contributed by atoms with E-state index in [2.05, 4.69) is 33.3 Å². The summed E-state index contributed by atoms with van der Waals surface area (Å²) < 4.78 is 19.4. The van der Waals surface area contributed by atoms with Gasteiger partial charge in [0.1, 0.15) is 0 Å². The van der Waals surface area contributed by atoms with Crippen LogP contribution in [-0.2, 0) is 9.09 Å². The molecule has 3 rings (SSSR count). The molecular weight excluding hydrogens is 363 g/mol. The first-order valence-corrected chi connectivity index (χ1v) is 10.4. The SMILES string of the molecule is CP(=O)(OCS)N1CCN(C(=O)c2ccc(-c3nn[nH]n3)cc2)CC1. The van der Waals surface area contributed by atoms with Crippen molar-refractivity contribution in [3.05, 3.63) is 29.8 Å². The topological polar surface area (TPSA) is 104 Å². The number of H-pyrrole nitrogens is 1. The number of hydrogen-bond acceptors (Lipinski definition) is 7. The molecule has 1 aromatic heterocycles. The van der Waals surface area contributed by atoms with Gasteiger partial charge in [0.2, 0.25) is 5.82 Å². The second-order valence-electron chi connectivity index (χ2n) is 5.62. The quantitative estimate of drug-likeness (QED) is 0.457. The van der Waals surface area contributed by atoms with Crippen LogP contribution in [0.25, 0.3) is 11.4 Å². The molecule has 11 heteroatoms. The van der Waals surface area contributed by atoms with E-state index in [4.69, 9.17) is 4.52 Å². The van der Waals surface area contributed by atoms with Gasteiger partial charge in [-0.1, -0.05) is 12.1 Å². The molecule has 2 aromatic rings. The van der Waals surface area contributed by atoms with Crippen molar-refractivity contribution in [1.29, 1.82) is 0 Å². The molecule has 0 spiro atoms. The van der Waals surface area contributed by atoms with E-state index >= 15 is 0 Å². The highest BCUT2D eigenvalue weighted by molar-refractivity contribution is 7.80. The fourth-order valence-electron chi connectivity index (χ4n) is 2.68. The lowest BCUT2D eigenvalue weighted by molar-refractivity contribution is 0.0688. The molecule has 2 heterocycles. The highest BCUT2D eigenvalue weighted by Gasteiger charge is 2.31. The number of carbonyl (C=O) groups excluding carboxylic acids is 1. The predicted molar refractivity (Wildman–Crippen MR) is 95.6 cm³/mol. The van der Waals surface area contributed by atoms with Gasteiger partial charge in [-0.25, -0.2) is 4.67 Å². The van der Waals surface area contributed by atoms with E-state index in [1.54, 1.807) is 40.5 Å². The van der Waals surface area contributed by atoms with Crippen molar-refractivity contribution in [2.75, 3.05) is 38.8 Å². The summed E-state index contributed by atoms with van der Waals surface area (Å²) in [6.45, 7) is 3.60. The van der Waals surface area contributed by atoms with Gasteiger partial charge in [-0.15, -0.1) is 10.2 Å². The molecule has 0 radical (unpaired) electrons. The van der Waals surface area contributed by atoms with Crippen LogP contribution in [-0.4, -0.2) is 74.9 Å². The summed E-state index contributed by atoms with van der Waals surface area (Å²) in [5.41, 5.74) is 1.37. The smallest absolute Gasteiger partial charge is 0.270 e. The van der Waals surface area contributed by atoms with Crippen LogP contribution in [0.2, 0.25) is 0 Å². The summed E-state index contributed by atoms with van der Waals surface area (Å²) in [7, 11) is -2.83. The van der Waals surface area contributed by atoms with Crippen LogP contribution < -0.4 is 0 Å². The van der Waals surface area contributed by atoms with E-state index in [1.807, 2.05) is 0 Å². The number of hydrogen-bond donors (Lipinski definition) is 2. The molecule has 1 fully saturated rings. The lowest BCUT2D eigenvalue weighted by Gasteiger charge is -2.37. The average molecular weight is 382 g/mol. The Hall–Kier alpha value is -1.74. The summed E-state index contributed by atoms with van der Waals surface area (Å²) in [6, 6.07) is 7.06. The largest absolute Gasteiger partial charge is 0.336 e. The van der Waals surface area contributed by atoms with E-state index < -0.39 is 7.52 Å². The third kappa shape index (κ3) is 4.09. The van der Waals surface area contributed by atoms with Crippen molar-refractivity contribution in [3.63, 3.8) is 0 Å². The van der Waals surface area contributed by atoms with Crippen LogP contribution in [0.1, 0.15) is 10.4 Å². The van der Waals surface area contributed by atoms with Gasteiger partial charge in [-0.05, 0) is 17.3 Å². The van der Waals surface area contributed by atoms with Gasteiger partial charge in [0.15, 0.2) is 0 Å². The number of aromatic amines is 1. The van der Waals surface area contributed by atoms with Crippen LogP contribution in [0, 0.1) is 0 Å². The van der Waals surface area contributed by atoms with Gasteiger partial charge >= 0.3 is 0 Å². The molecule has 1 amide bonds. The Balaban J connectivity index is 1.62. The Morgan fingerprint density at radius 2 is 1.96 bits per heavy atom. The summed E-state index contributed by atoms with van der Waals surface area (Å²) in [5, 5.41) is 13.7. The van der Waals surface area contributed by atoms with Gasteiger partial charge in [-0.3, -0.25) is 9.36 Å². The van der Waals surface area contributed by atoms with Crippen molar-refractivity contribution in [1.82, 2.24) is 30.2 Å². The second kappa shape index (κ2) is 7.65. The third-order valence-electron chi connectivity index (χ3n) is 4.09.